The van der Waals surface area contributed by atoms with E-state index in [0.717, 1.165) is 12.8 Å². The van der Waals surface area contributed by atoms with Crippen molar-refractivity contribution in [3.63, 3.8) is 0 Å². The summed E-state index contributed by atoms with van der Waals surface area (Å²) >= 11 is 0. The summed E-state index contributed by atoms with van der Waals surface area (Å²) in [5.74, 6) is -0.223. The van der Waals surface area contributed by atoms with Crippen LogP contribution in [0.1, 0.15) is 46.1 Å². The number of carbonyl (C=O) groups is 1. The van der Waals surface area contributed by atoms with Crippen molar-refractivity contribution in [2.45, 2.75) is 38.5 Å². The van der Waals surface area contributed by atoms with Gasteiger partial charge in [-0.1, -0.05) is 6.07 Å². The standard InChI is InChI=1S/C21H23NO7/c1-11-9-14(23)17(20(24)22(11)10-12-5-4-8-28-12)18-13-6-7-15(26-2)19(27-3)16(13)21(25)29-18/h6-7,9,12,18,23H,4-5,8,10H2,1-3H3/t12-,18-/m1/s1. The van der Waals surface area contributed by atoms with Crippen molar-refractivity contribution in [3.8, 4) is 17.2 Å². The van der Waals surface area contributed by atoms with E-state index in [1.54, 1.807) is 23.6 Å². The predicted octanol–water partition coefficient (Wildman–Crippen LogP) is 2.32. The molecule has 1 aromatic heterocycles. The number of fused-ring (bicyclic) bond motifs is 1. The monoisotopic (exact) mass is 401 g/mol. The van der Waals surface area contributed by atoms with Crippen molar-refractivity contribution in [2.75, 3.05) is 20.8 Å². The van der Waals surface area contributed by atoms with Gasteiger partial charge in [-0.2, -0.15) is 0 Å². The van der Waals surface area contributed by atoms with Gasteiger partial charge in [0.2, 0.25) is 0 Å². The van der Waals surface area contributed by atoms with Crippen LogP contribution in [0.15, 0.2) is 23.0 Å². The highest BCUT2D eigenvalue weighted by atomic mass is 16.6. The van der Waals surface area contributed by atoms with Crippen molar-refractivity contribution in [2.24, 2.45) is 0 Å². The molecule has 2 aliphatic rings. The molecule has 0 saturated carbocycles. The molecule has 29 heavy (non-hydrogen) atoms. The van der Waals surface area contributed by atoms with Gasteiger partial charge in [-0.15, -0.1) is 0 Å². The normalized spacial score (nSPS) is 20.4. The molecule has 1 fully saturated rings. The number of carbonyl (C=O) groups excluding carboxylic acids is 1. The lowest BCUT2D eigenvalue weighted by Crippen LogP contribution is -2.31. The Morgan fingerprint density at radius 1 is 1.24 bits per heavy atom. The van der Waals surface area contributed by atoms with Crippen LogP contribution in [-0.2, 0) is 16.0 Å². The summed E-state index contributed by atoms with van der Waals surface area (Å²) in [6.07, 6.45) is 0.756. The van der Waals surface area contributed by atoms with E-state index < -0.39 is 17.6 Å². The Morgan fingerprint density at radius 2 is 2.03 bits per heavy atom. The number of aryl methyl sites for hydroxylation is 1. The van der Waals surface area contributed by atoms with Crippen molar-refractivity contribution >= 4 is 5.97 Å². The Morgan fingerprint density at radius 3 is 2.69 bits per heavy atom. The molecule has 1 aromatic carbocycles. The Labute approximate surface area is 167 Å². The van der Waals surface area contributed by atoms with Gasteiger partial charge in [0.25, 0.3) is 5.56 Å². The number of pyridine rings is 1. The molecule has 0 bridgehead atoms. The van der Waals surface area contributed by atoms with Crippen LogP contribution in [0.3, 0.4) is 0 Å². The van der Waals surface area contributed by atoms with Crippen LogP contribution in [0.4, 0.5) is 0 Å². The molecule has 8 nitrogen and oxygen atoms in total. The van der Waals surface area contributed by atoms with Gasteiger partial charge in [0, 0.05) is 17.9 Å². The van der Waals surface area contributed by atoms with Crippen LogP contribution in [0, 0.1) is 6.92 Å². The van der Waals surface area contributed by atoms with Crippen LogP contribution in [-0.4, -0.2) is 42.6 Å². The maximum Gasteiger partial charge on any atom is 0.343 e. The first-order valence-corrected chi connectivity index (χ1v) is 9.47. The summed E-state index contributed by atoms with van der Waals surface area (Å²) in [7, 11) is 2.90. The molecule has 0 aliphatic carbocycles. The van der Waals surface area contributed by atoms with Crippen LogP contribution in [0.5, 0.6) is 17.2 Å². The van der Waals surface area contributed by atoms with Crippen molar-refractivity contribution in [3.05, 3.63) is 50.9 Å². The van der Waals surface area contributed by atoms with Crippen LogP contribution >= 0.6 is 0 Å². The number of methoxy groups -OCH3 is 2. The molecule has 2 atom stereocenters. The number of rotatable bonds is 5. The average Bonchev–Trinajstić information content (AvgIpc) is 3.32. The van der Waals surface area contributed by atoms with E-state index in [1.165, 1.54) is 20.3 Å². The number of cyclic esters (lactones) is 1. The maximum atomic E-state index is 13.3. The molecule has 4 rings (SSSR count). The fourth-order valence-electron chi connectivity index (χ4n) is 4.05. The number of esters is 1. The molecule has 0 radical (unpaired) electrons. The number of benzene rings is 1. The smallest absolute Gasteiger partial charge is 0.343 e. The Bertz CT molecular complexity index is 1020. The fourth-order valence-corrected chi connectivity index (χ4v) is 4.05. The molecular weight excluding hydrogens is 378 g/mol. The van der Waals surface area contributed by atoms with E-state index in [-0.39, 0.29) is 28.7 Å². The number of hydrogen-bond donors (Lipinski definition) is 1. The minimum absolute atomic E-state index is 0.0212. The second kappa shape index (κ2) is 7.44. The van der Waals surface area contributed by atoms with Crippen LogP contribution in [0.2, 0.25) is 0 Å². The summed E-state index contributed by atoms with van der Waals surface area (Å²) in [6, 6.07) is 4.80. The summed E-state index contributed by atoms with van der Waals surface area (Å²) in [5, 5.41) is 10.6. The van der Waals surface area contributed by atoms with E-state index in [2.05, 4.69) is 0 Å². The van der Waals surface area contributed by atoms with Gasteiger partial charge in [-0.05, 0) is 31.9 Å². The number of aromatic hydroxyl groups is 1. The van der Waals surface area contributed by atoms with Crippen LogP contribution < -0.4 is 15.0 Å². The SMILES string of the molecule is COc1ccc2c(c1OC)C(=O)O[C@H]2c1c(O)cc(C)n(C[C@H]2CCCO2)c1=O. The molecule has 1 N–H and O–H groups in total. The summed E-state index contributed by atoms with van der Waals surface area (Å²) in [5.41, 5.74) is 0.879. The first kappa shape index (κ1) is 19.3. The topological polar surface area (TPSA) is 96.2 Å². The van der Waals surface area contributed by atoms with Crippen molar-refractivity contribution in [1.82, 2.24) is 4.57 Å². The van der Waals surface area contributed by atoms with Crippen LogP contribution in [0.25, 0.3) is 0 Å². The van der Waals surface area contributed by atoms with Gasteiger partial charge < -0.3 is 28.6 Å². The minimum atomic E-state index is -1.03. The third-order valence-corrected chi connectivity index (χ3v) is 5.48. The van der Waals surface area contributed by atoms with E-state index in [9.17, 15) is 14.7 Å². The van der Waals surface area contributed by atoms with Gasteiger partial charge in [-0.25, -0.2) is 4.79 Å². The Kier molecular flexibility index (Phi) is 4.96. The van der Waals surface area contributed by atoms with Gasteiger partial charge in [0.1, 0.15) is 16.9 Å². The number of hydrogen-bond acceptors (Lipinski definition) is 7. The zero-order valence-electron chi connectivity index (χ0n) is 16.6. The number of aromatic nitrogens is 1. The minimum Gasteiger partial charge on any atom is -0.507 e. The maximum absolute atomic E-state index is 13.3. The Balaban J connectivity index is 1.83. The zero-order valence-corrected chi connectivity index (χ0v) is 16.6. The second-order valence-corrected chi connectivity index (χ2v) is 7.19. The zero-order chi connectivity index (χ0) is 20.7. The molecule has 0 spiro atoms. The third-order valence-electron chi connectivity index (χ3n) is 5.48. The average molecular weight is 401 g/mol. The number of ether oxygens (including phenoxy) is 4. The quantitative estimate of drug-likeness (QED) is 0.768. The second-order valence-electron chi connectivity index (χ2n) is 7.19. The predicted molar refractivity (Wildman–Crippen MR) is 103 cm³/mol. The van der Waals surface area contributed by atoms with Crippen molar-refractivity contribution < 1.29 is 28.8 Å². The van der Waals surface area contributed by atoms with Gasteiger partial charge in [-0.3, -0.25) is 4.79 Å². The van der Waals surface area contributed by atoms with Gasteiger partial charge in [0.15, 0.2) is 17.6 Å². The highest BCUT2D eigenvalue weighted by Crippen LogP contribution is 2.45. The highest BCUT2D eigenvalue weighted by molar-refractivity contribution is 5.98. The molecule has 2 aliphatic heterocycles. The van der Waals surface area contributed by atoms with E-state index in [0.29, 0.717) is 30.2 Å². The molecule has 0 unspecified atom stereocenters. The van der Waals surface area contributed by atoms with Gasteiger partial charge >= 0.3 is 5.97 Å². The molecule has 2 aromatic rings. The summed E-state index contributed by atoms with van der Waals surface area (Å²) < 4.78 is 23.3. The van der Waals surface area contributed by atoms with Crippen molar-refractivity contribution in [1.29, 1.82) is 0 Å². The van der Waals surface area contributed by atoms with Gasteiger partial charge in [0.05, 0.1) is 26.9 Å². The number of nitrogens with zero attached hydrogens (tertiary/aromatic N) is 1. The van der Waals surface area contributed by atoms with E-state index in [1.807, 2.05) is 0 Å². The summed E-state index contributed by atoms with van der Waals surface area (Å²) in [6.45, 7) is 2.82. The van der Waals surface area contributed by atoms with E-state index in [4.69, 9.17) is 18.9 Å². The first-order valence-electron chi connectivity index (χ1n) is 9.47. The molecule has 1 saturated heterocycles. The Hall–Kier alpha value is -3.00. The fraction of sp³-hybridized carbons (Fsp3) is 0.429. The lowest BCUT2D eigenvalue weighted by atomic mass is 9.98. The lowest BCUT2D eigenvalue weighted by molar-refractivity contribution is 0.0446. The van der Waals surface area contributed by atoms with E-state index >= 15 is 0 Å². The molecule has 8 heteroatoms. The third kappa shape index (κ3) is 3.13. The molecule has 154 valence electrons. The lowest BCUT2D eigenvalue weighted by Gasteiger charge is -2.19. The summed E-state index contributed by atoms with van der Waals surface area (Å²) in [4.78, 5) is 25.9. The molecule has 3 heterocycles. The largest absolute Gasteiger partial charge is 0.507 e. The highest BCUT2D eigenvalue weighted by Gasteiger charge is 2.40. The first-order chi connectivity index (χ1) is 14.0. The molecular formula is C21H23NO7. The molecule has 0 amide bonds.